The van der Waals surface area contributed by atoms with Crippen molar-refractivity contribution in [2.24, 2.45) is 0 Å². The molecule has 2 atom stereocenters. The SMILES string of the molecule is CCCCCCCCOC(CC)OC(=O)C(CC(=O)O)S(=O)(=O)O.[NaH]. The van der Waals surface area contributed by atoms with Gasteiger partial charge in [-0.15, -0.1) is 0 Å². The zero-order valence-electron chi connectivity index (χ0n) is 14.3. The topological polar surface area (TPSA) is 127 Å². The van der Waals surface area contributed by atoms with Gasteiger partial charge in [0.1, 0.15) is 0 Å². The van der Waals surface area contributed by atoms with Crippen LogP contribution >= 0.6 is 0 Å². The van der Waals surface area contributed by atoms with E-state index in [1.54, 1.807) is 6.92 Å². The molecule has 25 heavy (non-hydrogen) atoms. The van der Waals surface area contributed by atoms with Crippen molar-refractivity contribution in [3.05, 3.63) is 0 Å². The van der Waals surface area contributed by atoms with Crippen LogP contribution in [0.25, 0.3) is 0 Å². The molecule has 0 aliphatic carbocycles. The van der Waals surface area contributed by atoms with E-state index in [4.69, 9.17) is 19.1 Å². The van der Waals surface area contributed by atoms with E-state index in [9.17, 15) is 18.0 Å². The number of ether oxygens (including phenoxy) is 2. The molecule has 0 bridgehead atoms. The number of carboxylic acids is 1. The number of aliphatic carboxylic acids is 1. The van der Waals surface area contributed by atoms with Crippen molar-refractivity contribution >= 4 is 51.6 Å². The fraction of sp³-hybridized carbons (Fsp3) is 0.867. The van der Waals surface area contributed by atoms with Gasteiger partial charge >= 0.3 is 41.5 Å². The van der Waals surface area contributed by atoms with E-state index in [0.717, 1.165) is 32.1 Å². The second kappa shape index (κ2) is 14.9. The molecule has 0 aromatic rings. The Morgan fingerprint density at radius 2 is 1.60 bits per heavy atom. The number of carbonyl (C=O) groups is 2. The fourth-order valence-corrected chi connectivity index (χ4v) is 2.66. The monoisotopic (exact) mass is 392 g/mol. The second-order valence-electron chi connectivity index (χ2n) is 5.51. The molecule has 0 spiro atoms. The predicted molar refractivity (Wildman–Crippen MR) is 94.2 cm³/mol. The van der Waals surface area contributed by atoms with E-state index < -0.39 is 40.0 Å². The molecular formula is C15H29NaO8S. The van der Waals surface area contributed by atoms with Gasteiger partial charge in [-0.1, -0.05) is 46.0 Å². The van der Waals surface area contributed by atoms with Crippen molar-refractivity contribution in [2.45, 2.75) is 76.8 Å². The molecule has 0 fully saturated rings. The molecule has 0 aromatic heterocycles. The van der Waals surface area contributed by atoms with Gasteiger partial charge < -0.3 is 14.6 Å². The molecule has 0 saturated heterocycles. The van der Waals surface area contributed by atoms with Gasteiger partial charge in [0.05, 0.1) is 13.0 Å². The van der Waals surface area contributed by atoms with Crippen LogP contribution in [0.15, 0.2) is 0 Å². The van der Waals surface area contributed by atoms with Crippen LogP contribution in [0.2, 0.25) is 0 Å². The van der Waals surface area contributed by atoms with Gasteiger partial charge in [-0.25, -0.2) is 0 Å². The predicted octanol–water partition coefficient (Wildman–Crippen LogP) is 1.73. The summed E-state index contributed by atoms with van der Waals surface area (Å²) in [5.41, 5.74) is 0. The summed E-state index contributed by atoms with van der Waals surface area (Å²) in [5.74, 6) is -2.86. The van der Waals surface area contributed by atoms with Crippen LogP contribution in [-0.4, -0.2) is 77.7 Å². The summed E-state index contributed by atoms with van der Waals surface area (Å²) in [6.07, 6.45) is 4.63. The number of esters is 1. The second-order valence-corrected chi connectivity index (χ2v) is 7.11. The Morgan fingerprint density at radius 3 is 2.08 bits per heavy atom. The average molecular weight is 392 g/mol. The zero-order chi connectivity index (χ0) is 18.6. The van der Waals surface area contributed by atoms with E-state index in [1.165, 1.54) is 6.42 Å². The van der Waals surface area contributed by atoms with Crippen molar-refractivity contribution in [3.63, 3.8) is 0 Å². The summed E-state index contributed by atoms with van der Waals surface area (Å²) in [6, 6.07) is 0. The molecule has 0 radical (unpaired) electrons. The standard InChI is InChI=1S/C15H28O8S.Na.H/c1-3-5-6-7-8-9-10-22-14(4-2)23-15(18)12(11-13(16)17)24(19,20)21;;/h12,14H,3-11H2,1-2H3,(H,16,17)(H,19,20,21);;. The van der Waals surface area contributed by atoms with Crippen molar-refractivity contribution in [2.75, 3.05) is 6.61 Å². The molecule has 0 heterocycles. The number of hydrogen-bond acceptors (Lipinski definition) is 6. The van der Waals surface area contributed by atoms with Gasteiger partial charge in [-0.05, 0) is 6.42 Å². The Bertz CT molecular complexity index is 480. The third-order valence-electron chi connectivity index (χ3n) is 3.37. The van der Waals surface area contributed by atoms with Crippen LogP contribution in [0.5, 0.6) is 0 Å². The van der Waals surface area contributed by atoms with Gasteiger partial charge in [0, 0.05) is 6.42 Å². The van der Waals surface area contributed by atoms with Gasteiger partial charge in [0.15, 0.2) is 5.25 Å². The van der Waals surface area contributed by atoms with Crippen LogP contribution in [-0.2, 0) is 29.2 Å². The first-order valence-corrected chi connectivity index (χ1v) is 9.72. The van der Waals surface area contributed by atoms with Crippen molar-refractivity contribution < 1.29 is 37.1 Å². The summed E-state index contributed by atoms with van der Waals surface area (Å²) in [5, 5.41) is 6.48. The van der Waals surface area contributed by atoms with Crippen LogP contribution in [0.3, 0.4) is 0 Å². The number of unbranched alkanes of at least 4 members (excludes halogenated alkanes) is 5. The molecular weight excluding hydrogens is 363 g/mol. The molecule has 8 nitrogen and oxygen atoms in total. The fourth-order valence-electron chi connectivity index (χ4n) is 2.01. The minimum absolute atomic E-state index is 0. The van der Waals surface area contributed by atoms with Crippen LogP contribution in [0.1, 0.15) is 65.2 Å². The molecule has 2 unspecified atom stereocenters. The van der Waals surface area contributed by atoms with Crippen LogP contribution < -0.4 is 0 Å². The Morgan fingerprint density at radius 1 is 1.04 bits per heavy atom. The Labute approximate surface area is 171 Å². The number of carbonyl (C=O) groups excluding carboxylic acids is 1. The van der Waals surface area contributed by atoms with Crippen molar-refractivity contribution in [3.8, 4) is 0 Å². The van der Waals surface area contributed by atoms with E-state index in [0.29, 0.717) is 6.61 Å². The van der Waals surface area contributed by atoms with E-state index in [1.807, 2.05) is 0 Å². The number of hydrogen-bond donors (Lipinski definition) is 2. The molecule has 0 aliphatic rings. The third kappa shape index (κ3) is 13.6. The number of carboxylic acid groups (broad SMARTS) is 1. The summed E-state index contributed by atoms with van der Waals surface area (Å²) in [7, 11) is -4.86. The molecule has 10 heteroatoms. The molecule has 0 saturated carbocycles. The summed E-state index contributed by atoms with van der Waals surface area (Å²) < 4.78 is 41.4. The molecule has 0 rings (SSSR count). The zero-order valence-corrected chi connectivity index (χ0v) is 15.1. The van der Waals surface area contributed by atoms with Crippen molar-refractivity contribution in [1.82, 2.24) is 0 Å². The van der Waals surface area contributed by atoms with Gasteiger partial charge in [0.25, 0.3) is 10.1 Å². The van der Waals surface area contributed by atoms with Crippen LogP contribution in [0.4, 0.5) is 0 Å². The normalized spacial score (nSPS) is 13.6. The Balaban J connectivity index is 0. The quantitative estimate of drug-likeness (QED) is 0.150. The average Bonchev–Trinajstić information content (AvgIpc) is 2.49. The molecule has 144 valence electrons. The van der Waals surface area contributed by atoms with E-state index in [-0.39, 0.29) is 36.0 Å². The Kier molecular flexibility index (Phi) is 16.1. The van der Waals surface area contributed by atoms with Gasteiger partial charge in [-0.2, -0.15) is 8.42 Å². The Hall–Kier alpha value is -0.190. The minimum atomic E-state index is -4.86. The van der Waals surface area contributed by atoms with Crippen molar-refractivity contribution in [1.29, 1.82) is 0 Å². The number of rotatable bonds is 14. The maximum atomic E-state index is 11.8. The molecule has 2 N–H and O–H groups in total. The summed E-state index contributed by atoms with van der Waals surface area (Å²) >= 11 is 0. The van der Waals surface area contributed by atoms with Gasteiger partial charge in [0.2, 0.25) is 6.29 Å². The first-order valence-electron chi connectivity index (χ1n) is 8.22. The molecule has 0 aliphatic heterocycles. The van der Waals surface area contributed by atoms with Crippen LogP contribution in [0, 0.1) is 0 Å². The summed E-state index contributed by atoms with van der Waals surface area (Å²) in [4.78, 5) is 22.4. The first kappa shape index (κ1) is 27.0. The van der Waals surface area contributed by atoms with E-state index in [2.05, 4.69) is 6.92 Å². The molecule has 0 aromatic carbocycles. The summed E-state index contributed by atoms with van der Waals surface area (Å²) in [6.45, 7) is 4.17. The van der Waals surface area contributed by atoms with E-state index >= 15 is 0 Å². The third-order valence-corrected chi connectivity index (χ3v) is 4.44. The van der Waals surface area contributed by atoms with Gasteiger partial charge in [-0.3, -0.25) is 14.1 Å². The molecule has 0 amide bonds. The first-order chi connectivity index (χ1) is 11.2. The maximum absolute atomic E-state index is 11.8.